The van der Waals surface area contributed by atoms with Gasteiger partial charge in [-0.1, -0.05) is 36.4 Å². The highest BCUT2D eigenvalue weighted by atomic mass is 35.5. The van der Waals surface area contributed by atoms with E-state index >= 15 is 0 Å². The van der Waals surface area contributed by atoms with E-state index in [0.29, 0.717) is 16.3 Å². The molecule has 0 spiro atoms. The predicted molar refractivity (Wildman–Crippen MR) is 83.9 cm³/mol. The summed E-state index contributed by atoms with van der Waals surface area (Å²) in [6, 6.07) is 9.17. The molecule has 0 aliphatic heterocycles. The average molecular weight is 328 g/mol. The maximum Gasteiger partial charge on any atom is 0.140 e. The second-order valence-electron chi connectivity index (χ2n) is 4.80. The zero-order chi connectivity index (χ0) is 15.4. The Morgan fingerprint density at radius 3 is 2.57 bits per heavy atom. The summed E-state index contributed by atoms with van der Waals surface area (Å²) in [5.74, 6) is -1.16. The van der Waals surface area contributed by atoms with E-state index in [1.165, 1.54) is 23.9 Å². The van der Waals surface area contributed by atoms with E-state index in [0.717, 1.165) is 22.9 Å². The van der Waals surface area contributed by atoms with Gasteiger partial charge in [0.15, 0.2) is 0 Å². The van der Waals surface area contributed by atoms with Crippen molar-refractivity contribution in [3.63, 3.8) is 0 Å². The molecule has 5 heteroatoms. The highest BCUT2D eigenvalue weighted by molar-refractivity contribution is 7.99. The lowest BCUT2D eigenvalue weighted by Gasteiger charge is -2.11. The second-order valence-corrected chi connectivity index (χ2v) is 6.33. The van der Waals surface area contributed by atoms with Crippen molar-refractivity contribution in [2.45, 2.75) is 35.6 Å². The number of hydrogen-bond acceptors (Lipinski definition) is 2. The normalized spacial score (nSPS) is 12.4. The summed E-state index contributed by atoms with van der Waals surface area (Å²) in [5.41, 5.74) is 6.90. The van der Waals surface area contributed by atoms with Crippen molar-refractivity contribution < 1.29 is 8.78 Å². The van der Waals surface area contributed by atoms with Gasteiger partial charge in [-0.2, -0.15) is 0 Å². The molecule has 0 saturated heterocycles. The molecule has 112 valence electrons. The highest BCUT2D eigenvalue weighted by Crippen LogP contribution is 2.33. The summed E-state index contributed by atoms with van der Waals surface area (Å²) in [7, 11) is 0. The van der Waals surface area contributed by atoms with Crippen LogP contribution in [-0.4, -0.2) is 6.04 Å². The van der Waals surface area contributed by atoms with Crippen LogP contribution in [0.4, 0.5) is 8.78 Å². The molecule has 0 aromatic heterocycles. The Labute approximate surface area is 132 Å². The monoisotopic (exact) mass is 327 g/mol. The number of rotatable bonds is 5. The number of hydrogen-bond donors (Lipinski definition) is 1. The quantitative estimate of drug-likeness (QED) is 0.831. The molecule has 1 atom stereocenters. The average Bonchev–Trinajstić information content (AvgIpc) is 2.44. The van der Waals surface area contributed by atoms with E-state index < -0.39 is 11.6 Å². The summed E-state index contributed by atoms with van der Waals surface area (Å²) in [6.07, 6.45) is 1.60. The SMILES string of the molecule is CCC(N)Cc1ccc(Sc2ccc(F)cc2F)cc1Cl. The third-order valence-corrected chi connectivity index (χ3v) is 4.55. The summed E-state index contributed by atoms with van der Waals surface area (Å²) in [6.45, 7) is 2.03. The minimum Gasteiger partial charge on any atom is -0.327 e. The Morgan fingerprint density at radius 1 is 1.19 bits per heavy atom. The third kappa shape index (κ3) is 4.43. The zero-order valence-corrected chi connectivity index (χ0v) is 13.1. The first-order valence-corrected chi connectivity index (χ1v) is 7.86. The number of nitrogens with two attached hydrogens (primary N) is 1. The molecule has 0 amide bonds. The number of halogens is 3. The summed E-state index contributed by atoms with van der Waals surface area (Å²) < 4.78 is 26.5. The Balaban J connectivity index is 2.16. The molecule has 2 aromatic carbocycles. The van der Waals surface area contributed by atoms with Gasteiger partial charge in [0.25, 0.3) is 0 Å². The second kappa shape index (κ2) is 7.25. The molecule has 0 aliphatic rings. The van der Waals surface area contributed by atoms with Gasteiger partial charge in [0, 0.05) is 26.9 Å². The van der Waals surface area contributed by atoms with Crippen molar-refractivity contribution in [3.05, 3.63) is 58.6 Å². The molecule has 1 nitrogen and oxygen atoms in total. The molecule has 2 N–H and O–H groups in total. The van der Waals surface area contributed by atoms with Gasteiger partial charge in [0.1, 0.15) is 11.6 Å². The van der Waals surface area contributed by atoms with E-state index in [1.807, 2.05) is 19.1 Å². The van der Waals surface area contributed by atoms with Crippen molar-refractivity contribution in [2.24, 2.45) is 5.73 Å². The molecule has 0 saturated carbocycles. The van der Waals surface area contributed by atoms with Crippen LogP contribution in [0.15, 0.2) is 46.2 Å². The van der Waals surface area contributed by atoms with Gasteiger partial charge in [0.05, 0.1) is 0 Å². The molecule has 21 heavy (non-hydrogen) atoms. The molecule has 1 unspecified atom stereocenters. The smallest absolute Gasteiger partial charge is 0.140 e. The van der Waals surface area contributed by atoms with Gasteiger partial charge in [0.2, 0.25) is 0 Å². The van der Waals surface area contributed by atoms with E-state index in [2.05, 4.69) is 0 Å². The summed E-state index contributed by atoms with van der Waals surface area (Å²) >= 11 is 7.45. The molecular weight excluding hydrogens is 312 g/mol. The lowest BCUT2D eigenvalue weighted by molar-refractivity contribution is 0.565. The van der Waals surface area contributed by atoms with Crippen molar-refractivity contribution in [1.82, 2.24) is 0 Å². The Kier molecular flexibility index (Phi) is 5.62. The van der Waals surface area contributed by atoms with E-state index in [1.54, 1.807) is 6.07 Å². The first kappa shape index (κ1) is 16.3. The predicted octanol–water partition coefficient (Wildman–Crippen LogP) is 5.05. The molecule has 2 aromatic rings. The van der Waals surface area contributed by atoms with Gasteiger partial charge < -0.3 is 5.73 Å². The van der Waals surface area contributed by atoms with Crippen LogP contribution < -0.4 is 5.73 Å². The summed E-state index contributed by atoms with van der Waals surface area (Å²) in [5, 5.41) is 0.617. The zero-order valence-electron chi connectivity index (χ0n) is 11.6. The molecule has 0 fully saturated rings. The molecule has 2 rings (SSSR count). The van der Waals surface area contributed by atoms with Crippen LogP contribution in [0.1, 0.15) is 18.9 Å². The molecule has 0 heterocycles. The van der Waals surface area contributed by atoms with Crippen LogP contribution in [0.3, 0.4) is 0 Å². The topological polar surface area (TPSA) is 26.0 Å². The van der Waals surface area contributed by atoms with Crippen molar-refractivity contribution in [2.75, 3.05) is 0 Å². The molecule has 0 aliphatic carbocycles. The number of benzene rings is 2. The lowest BCUT2D eigenvalue weighted by Crippen LogP contribution is -2.21. The Bertz CT molecular complexity index is 634. The Hall–Kier alpha value is -1.10. The maximum atomic E-state index is 13.6. The van der Waals surface area contributed by atoms with E-state index in [9.17, 15) is 8.78 Å². The van der Waals surface area contributed by atoms with Gasteiger partial charge in [-0.3, -0.25) is 0 Å². The van der Waals surface area contributed by atoms with Crippen molar-refractivity contribution in [1.29, 1.82) is 0 Å². The largest absolute Gasteiger partial charge is 0.327 e. The fraction of sp³-hybridized carbons (Fsp3) is 0.250. The van der Waals surface area contributed by atoms with Crippen molar-refractivity contribution >= 4 is 23.4 Å². The molecule has 0 bridgehead atoms. The first-order chi connectivity index (χ1) is 9.99. The van der Waals surface area contributed by atoms with Gasteiger partial charge in [-0.25, -0.2) is 8.78 Å². The first-order valence-electron chi connectivity index (χ1n) is 6.66. The maximum absolute atomic E-state index is 13.6. The fourth-order valence-corrected chi connectivity index (χ4v) is 3.05. The van der Waals surface area contributed by atoms with E-state index in [4.69, 9.17) is 17.3 Å². The lowest BCUT2D eigenvalue weighted by atomic mass is 10.1. The van der Waals surface area contributed by atoms with Crippen LogP contribution in [0.25, 0.3) is 0 Å². The van der Waals surface area contributed by atoms with E-state index in [-0.39, 0.29) is 6.04 Å². The van der Waals surface area contributed by atoms with Crippen LogP contribution in [0.5, 0.6) is 0 Å². The minimum absolute atomic E-state index is 0.0792. The minimum atomic E-state index is -0.584. The highest BCUT2D eigenvalue weighted by Gasteiger charge is 2.09. The summed E-state index contributed by atoms with van der Waals surface area (Å²) in [4.78, 5) is 1.17. The van der Waals surface area contributed by atoms with Crippen LogP contribution in [0.2, 0.25) is 5.02 Å². The van der Waals surface area contributed by atoms with Crippen LogP contribution in [-0.2, 0) is 6.42 Å². The van der Waals surface area contributed by atoms with Crippen molar-refractivity contribution in [3.8, 4) is 0 Å². The van der Waals surface area contributed by atoms with Gasteiger partial charge in [-0.15, -0.1) is 0 Å². The Morgan fingerprint density at radius 2 is 1.95 bits per heavy atom. The van der Waals surface area contributed by atoms with Gasteiger partial charge in [-0.05, 0) is 42.7 Å². The standard InChI is InChI=1S/C16H16ClF2NS/c1-2-12(20)7-10-3-5-13(9-14(10)17)21-16-6-4-11(18)8-15(16)19/h3-6,8-9,12H,2,7,20H2,1H3. The fourth-order valence-electron chi connectivity index (χ4n) is 1.87. The van der Waals surface area contributed by atoms with Crippen LogP contribution in [0, 0.1) is 11.6 Å². The third-order valence-electron chi connectivity index (χ3n) is 3.15. The molecule has 0 radical (unpaired) electrons. The van der Waals surface area contributed by atoms with Crippen LogP contribution >= 0.6 is 23.4 Å². The molecular formula is C16H16ClF2NS. The van der Waals surface area contributed by atoms with Gasteiger partial charge >= 0.3 is 0 Å².